The Bertz CT molecular complexity index is 826. The second-order valence-corrected chi connectivity index (χ2v) is 5.06. The highest BCUT2D eigenvalue weighted by Gasteiger charge is 2.17. The van der Waals surface area contributed by atoms with Crippen LogP contribution in [0.2, 0.25) is 0 Å². The van der Waals surface area contributed by atoms with Crippen LogP contribution in [0.5, 0.6) is 5.75 Å². The third kappa shape index (κ3) is 3.06. The van der Waals surface area contributed by atoms with Crippen LogP contribution in [0.3, 0.4) is 0 Å². The number of nitrogens with zero attached hydrogens (tertiary/aromatic N) is 5. The number of hydrogen-bond donors (Lipinski definition) is 0. The SMILES string of the molecule is Cc1noc(C)c1Cn1nnc(C#N)c1COc1ccccc1. The maximum absolute atomic E-state index is 9.21. The topological polar surface area (TPSA) is 89.8 Å². The monoisotopic (exact) mass is 309 g/mol. The van der Waals surface area contributed by atoms with E-state index in [0.29, 0.717) is 12.2 Å². The van der Waals surface area contributed by atoms with Gasteiger partial charge in [0.05, 0.1) is 12.2 Å². The summed E-state index contributed by atoms with van der Waals surface area (Å²) in [4.78, 5) is 0. The molecule has 0 N–H and O–H groups in total. The average Bonchev–Trinajstić information content (AvgIpc) is 3.11. The lowest BCUT2D eigenvalue weighted by molar-refractivity contribution is 0.292. The fourth-order valence-electron chi connectivity index (χ4n) is 2.24. The molecule has 116 valence electrons. The number of aryl methyl sites for hydroxylation is 2. The van der Waals surface area contributed by atoms with Crippen molar-refractivity contribution in [3.05, 3.63) is 58.7 Å². The molecule has 0 amide bonds. The summed E-state index contributed by atoms with van der Waals surface area (Å²) in [6, 6.07) is 11.5. The van der Waals surface area contributed by atoms with E-state index in [0.717, 1.165) is 22.8 Å². The summed E-state index contributed by atoms with van der Waals surface area (Å²) in [6.07, 6.45) is 0. The van der Waals surface area contributed by atoms with Gasteiger partial charge in [-0.3, -0.25) is 0 Å². The number of aromatic nitrogens is 4. The van der Waals surface area contributed by atoms with Gasteiger partial charge in [0, 0.05) is 5.56 Å². The number of rotatable bonds is 5. The molecule has 0 aliphatic carbocycles. The van der Waals surface area contributed by atoms with Gasteiger partial charge in [-0.25, -0.2) is 4.68 Å². The van der Waals surface area contributed by atoms with Crippen molar-refractivity contribution < 1.29 is 9.26 Å². The Morgan fingerprint density at radius 3 is 2.70 bits per heavy atom. The minimum Gasteiger partial charge on any atom is -0.487 e. The van der Waals surface area contributed by atoms with Gasteiger partial charge in [-0.1, -0.05) is 28.6 Å². The Kier molecular flexibility index (Phi) is 4.06. The first-order chi connectivity index (χ1) is 11.2. The normalized spacial score (nSPS) is 10.5. The van der Waals surface area contributed by atoms with E-state index in [9.17, 15) is 5.26 Å². The summed E-state index contributed by atoms with van der Waals surface area (Å²) in [5.41, 5.74) is 2.61. The van der Waals surface area contributed by atoms with E-state index >= 15 is 0 Å². The van der Waals surface area contributed by atoms with E-state index in [1.165, 1.54) is 0 Å². The average molecular weight is 309 g/mol. The Balaban J connectivity index is 1.84. The third-order valence-electron chi connectivity index (χ3n) is 3.55. The number of ether oxygens (including phenoxy) is 1. The Labute approximate surface area is 133 Å². The zero-order chi connectivity index (χ0) is 16.2. The van der Waals surface area contributed by atoms with Crippen LogP contribution in [0.4, 0.5) is 0 Å². The number of para-hydroxylation sites is 1. The number of benzene rings is 1. The Hall–Kier alpha value is -3.14. The molecular weight excluding hydrogens is 294 g/mol. The lowest BCUT2D eigenvalue weighted by Gasteiger charge is -2.08. The molecule has 0 aliphatic heterocycles. The molecule has 0 spiro atoms. The van der Waals surface area contributed by atoms with Crippen LogP contribution in [0, 0.1) is 25.2 Å². The molecule has 0 unspecified atom stereocenters. The molecule has 7 nitrogen and oxygen atoms in total. The third-order valence-corrected chi connectivity index (χ3v) is 3.55. The lowest BCUT2D eigenvalue weighted by atomic mass is 10.2. The Morgan fingerprint density at radius 2 is 2.04 bits per heavy atom. The fraction of sp³-hybridized carbons (Fsp3) is 0.250. The van der Waals surface area contributed by atoms with Crippen molar-refractivity contribution in [3.63, 3.8) is 0 Å². The van der Waals surface area contributed by atoms with Crippen LogP contribution in [0.15, 0.2) is 34.9 Å². The van der Waals surface area contributed by atoms with Gasteiger partial charge < -0.3 is 9.26 Å². The molecule has 3 aromatic rings. The highest BCUT2D eigenvalue weighted by atomic mass is 16.5. The lowest BCUT2D eigenvalue weighted by Crippen LogP contribution is -2.11. The highest BCUT2D eigenvalue weighted by molar-refractivity contribution is 5.28. The molecule has 7 heteroatoms. The van der Waals surface area contributed by atoms with Crippen LogP contribution in [0.25, 0.3) is 0 Å². The quantitative estimate of drug-likeness (QED) is 0.718. The molecule has 0 saturated heterocycles. The molecule has 0 aliphatic rings. The van der Waals surface area contributed by atoms with Gasteiger partial charge in [0.1, 0.15) is 29.9 Å². The molecule has 23 heavy (non-hydrogen) atoms. The minimum absolute atomic E-state index is 0.212. The molecule has 0 saturated carbocycles. The van der Waals surface area contributed by atoms with E-state index in [4.69, 9.17) is 9.26 Å². The first kappa shape index (κ1) is 14.8. The highest BCUT2D eigenvalue weighted by Crippen LogP contribution is 2.17. The van der Waals surface area contributed by atoms with Gasteiger partial charge in [-0.2, -0.15) is 5.26 Å². The van der Waals surface area contributed by atoms with Crippen molar-refractivity contribution in [2.75, 3.05) is 0 Å². The standard InChI is InChI=1S/C16H15N5O2/c1-11-14(12(2)23-19-11)9-21-16(15(8-17)18-20-21)10-22-13-6-4-3-5-7-13/h3-7H,9-10H2,1-2H3. The smallest absolute Gasteiger partial charge is 0.189 e. The summed E-state index contributed by atoms with van der Waals surface area (Å²) in [7, 11) is 0. The molecule has 1 aromatic carbocycles. The van der Waals surface area contributed by atoms with Gasteiger partial charge in [-0.05, 0) is 26.0 Å². The summed E-state index contributed by atoms with van der Waals surface area (Å²) in [5.74, 6) is 1.45. The van der Waals surface area contributed by atoms with Gasteiger partial charge in [0.2, 0.25) is 0 Å². The first-order valence-corrected chi connectivity index (χ1v) is 7.11. The molecule has 0 bridgehead atoms. The van der Waals surface area contributed by atoms with E-state index in [-0.39, 0.29) is 12.3 Å². The van der Waals surface area contributed by atoms with E-state index < -0.39 is 0 Å². The number of nitriles is 1. The van der Waals surface area contributed by atoms with Crippen LogP contribution in [0.1, 0.15) is 28.4 Å². The molecule has 2 aromatic heterocycles. The predicted molar refractivity (Wildman–Crippen MR) is 80.6 cm³/mol. The zero-order valence-corrected chi connectivity index (χ0v) is 12.9. The maximum atomic E-state index is 9.21. The molecule has 0 atom stereocenters. The van der Waals surface area contributed by atoms with Gasteiger partial charge in [0.25, 0.3) is 0 Å². The van der Waals surface area contributed by atoms with Gasteiger partial charge >= 0.3 is 0 Å². The van der Waals surface area contributed by atoms with Crippen LogP contribution in [-0.2, 0) is 13.2 Å². The molecule has 3 rings (SSSR count). The summed E-state index contributed by atoms with van der Waals surface area (Å²) in [6.45, 7) is 4.36. The van der Waals surface area contributed by atoms with Gasteiger partial charge in [0.15, 0.2) is 5.69 Å². The van der Waals surface area contributed by atoms with Crippen LogP contribution < -0.4 is 4.74 Å². The minimum atomic E-state index is 0.212. The van der Waals surface area contributed by atoms with E-state index in [1.807, 2.05) is 50.2 Å². The maximum Gasteiger partial charge on any atom is 0.189 e. The summed E-state index contributed by atoms with van der Waals surface area (Å²) in [5, 5.41) is 21.1. The molecule has 2 heterocycles. The second-order valence-electron chi connectivity index (χ2n) is 5.06. The first-order valence-electron chi connectivity index (χ1n) is 7.11. The van der Waals surface area contributed by atoms with Crippen molar-refractivity contribution in [3.8, 4) is 11.8 Å². The number of hydrogen-bond acceptors (Lipinski definition) is 6. The van der Waals surface area contributed by atoms with Crippen LogP contribution in [-0.4, -0.2) is 20.2 Å². The predicted octanol–water partition coefficient (Wildman–Crippen LogP) is 2.38. The van der Waals surface area contributed by atoms with Crippen molar-refractivity contribution in [1.29, 1.82) is 5.26 Å². The molecular formula is C16H15N5O2. The molecule has 0 fully saturated rings. The van der Waals surface area contributed by atoms with Crippen molar-refractivity contribution in [2.24, 2.45) is 0 Å². The van der Waals surface area contributed by atoms with Crippen molar-refractivity contribution in [2.45, 2.75) is 27.0 Å². The van der Waals surface area contributed by atoms with Crippen molar-refractivity contribution in [1.82, 2.24) is 20.2 Å². The largest absolute Gasteiger partial charge is 0.487 e. The van der Waals surface area contributed by atoms with Crippen molar-refractivity contribution >= 4 is 0 Å². The van der Waals surface area contributed by atoms with Gasteiger partial charge in [-0.15, -0.1) is 5.10 Å². The Morgan fingerprint density at radius 1 is 1.26 bits per heavy atom. The van der Waals surface area contributed by atoms with Crippen LogP contribution >= 0.6 is 0 Å². The summed E-state index contributed by atoms with van der Waals surface area (Å²) < 4.78 is 12.5. The van der Waals surface area contributed by atoms with E-state index in [1.54, 1.807) is 4.68 Å². The molecule has 0 radical (unpaired) electrons. The van der Waals surface area contributed by atoms with E-state index in [2.05, 4.69) is 15.5 Å². The fourth-order valence-corrected chi connectivity index (χ4v) is 2.24. The second kappa shape index (κ2) is 6.32. The zero-order valence-electron chi connectivity index (χ0n) is 12.9. The summed E-state index contributed by atoms with van der Waals surface area (Å²) >= 11 is 0.